The number of thioether (sulfide) groups is 1. The van der Waals surface area contributed by atoms with E-state index in [2.05, 4.69) is 0 Å². The lowest BCUT2D eigenvalue weighted by atomic mass is 9.98. The molecular weight excluding hydrogens is 1020 g/mol. The Labute approximate surface area is 464 Å². The third kappa shape index (κ3) is 17.0. The molecule has 2 aliphatic heterocycles. The number of ether oxygens (including phenoxy) is 10. The minimum atomic E-state index is -1.56. The van der Waals surface area contributed by atoms with Gasteiger partial charge in [0, 0.05) is 4.90 Å². The van der Waals surface area contributed by atoms with Crippen molar-refractivity contribution in [3.8, 4) is 0 Å². The summed E-state index contributed by atoms with van der Waals surface area (Å²) in [6.45, 7) is 0.508. The number of aliphatic hydroxyl groups is 1. The zero-order chi connectivity index (χ0) is 54.4. The Balaban J connectivity index is 0.925. The fourth-order valence-electron chi connectivity index (χ4n) is 9.08. The third-order valence-electron chi connectivity index (χ3n) is 13.2. The summed E-state index contributed by atoms with van der Waals surface area (Å²) in [5.74, 6) is -2.37. The smallest absolute Gasteiger partial charge is 0.338 e. The van der Waals surface area contributed by atoms with Crippen LogP contribution < -0.4 is 0 Å². The van der Waals surface area contributed by atoms with Gasteiger partial charge in [-0.3, -0.25) is 9.59 Å². The van der Waals surface area contributed by atoms with Crippen LogP contribution >= 0.6 is 11.8 Å². The standard InChI is InChI=1S/C64H64O14S/c65-54(36-37-55(66)77-58-56(67)52(43-69-38-45-22-8-1-9-23-45)75-63(74-42-49-30-16-5-17-31-49)60(58)78-62(68)50-32-18-6-19-33-50)70-44-53-57(71-39-46-24-10-2-11-25-46)59(72-40-47-26-12-3-13-27-47)61(73-41-48-28-14-4-15-29-48)64(76-53)79-51-34-20-7-21-35-51/h1-35,52-53,56-61,63-64,67H,36-44H2/t52-,53-,56-,57-,58+,59+,60-,61+,63+,64-/m0/s1. The maximum Gasteiger partial charge on any atom is 0.338 e. The van der Waals surface area contributed by atoms with Crippen molar-refractivity contribution in [3.63, 3.8) is 0 Å². The Morgan fingerprint density at radius 3 is 1.39 bits per heavy atom. The molecule has 0 aliphatic carbocycles. The monoisotopic (exact) mass is 1090 g/mol. The molecule has 7 aromatic rings. The van der Waals surface area contributed by atoms with Crippen LogP contribution in [0.4, 0.5) is 0 Å². The number of carbonyl (C=O) groups excluding carboxylic acids is 3. The maximum atomic E-state index is 14.0. The number of carbonyl (C=O) groups is 3. The van der Waals surface area contributed by atoms with E-state index in [4.69, 9.17) is 47.4 Å². The predicted octanol–water partition coefficient (Wildman–Crippen LogP) is 10.2. The zero-order valence-corrected chi connectivity index (χ0v) is 44.3. The Morgan fingerprint density at radius 2 is 0.861 bits per heavy atom. The highest BCUT2D eigenvalue weighted by Gasteiger charge is 2.52. The van der Waals surface area contributed by atoms with E-state index >= 15 is 0 Å². The number of benzene rings is 7. The summed E-state index contributed by atoms with van der Waals surface area (Å²) in [6.07, 6.45) is -10.9. The summed E-state index contributed by atoms with van der Waals surface area (Å²) >= 11 is 1.46. The summed E-state index contributed by atoms with van der Waals surface area (Å²) in [7, 11) is 0. The molecule has 14 nitrogen and oxygen atoms in total. The highest BCUT2D eigenvalue weighted by atomic mass is 32.2. The van der Waals surface area contributed by atoms with Crippen LogP contribution in [-0.2, 0) is 90.0 Å². The first-order valence-electron chi connectivity index (χ1n) is 26.4. The fraction of sp³-hybridized carbons (Fsp3) is 0.297. The van der Waals surface area contributed by atoms with E-state index in [-0.39, 0.29) is 51.8 Å². The average Bonchev–Trinajstić information content (AvgIpc) is 3.53. The van der Waals surface area contributed by atoms with Crippen molar-refractivity contribution in [2.24, 2.45) is 0 Å². The quantitative estimate of drug-likeness (QED) is 0.0402. The van der Waals surface area contributed by atoms with Crippen molar-refractivity contribution in [2.75, 3.05) is 13.2 Å². The lowest BCUT2D eigenvalue weighted by molar-refractivity contribution is -0.307. The molecule has 2 aliphatic rings. The van der Waals surface area contributed by atoms with Crippen molar-refractivity contribution in [2.45, 2.75) is 111 Å². The average molecular weight is 1090 g/mol. The van der Waals surface area contributed by atoms with Crippen LogP contribution in [0.1, 0.15) is 51.0 Å². The molecule has 2 saturated heterocycles. The third-order valence-corrected chi connectivity index (χ3v) is 14.3. The SMILES string of the molecule is O=C(CCC(=O)O[C@@H]1[C@@H](O)[C@H](COCc2ccccc2)O[C@@H](OCc2ccccc2)[C@H]1OC(=O)c1ccccc1)OC[C@@H]1O[C@@H](Sc2ccccc2)[C@H](OCc2ccccc2)[C@H](OCc2ccccc2)[C@H]1OCc1ccccc1. The fourth-order valence-corrected chi connectivity index (χ4v) is 10.2. The first-order valence-corrected chi connectivity index (χ1v) is 27.3. The second kappa shape index (κ2) is 29.8. The summed E-state index contributed by atoms with van der Waals surface area (Å²) in [5, 5.41) is 12.0. The van der Waals surface area contributed by atoms with Gasteiger partial charge in [-0.2, -0.15) is 0 Å². The molecule has 0 spiro atoms. The molecule has 0 unspecified atom stereocenters. The highest BCUT2D eigenvalue weighted by Crippen LogP contribution is 2.39. The van der Waals surface area contributed by atoms with E-state index in [9.17, 15) is 19.5 Å². The van der Waals surface area contributed by atoms with Crippen LogP contribution in [0, 0.1) is 0 Å². The van der Waals surface area contributed by atoms with Gasteiger partial charge in [-0.25, -0.2) is 4.79 Å². The van der Waals surface area contributed by atoms with Crippen LogP contribution in [0.3, 0.4) is 0 Å². The predicted molar refractivity (Wildman–Crippen MR) is 294 cm³/mol. The lowest BCUT2D eigenvalue weighted by Gasteiger charge is -2.45. The van der Waals surface area contributed by atoms with Gasteiger partial charge in [-0.15, -0.1) is 0 Å². The van der Waals surface area contributed by atoms with Crippen molar-refractivity contribution in [3.05, 3.63) is 246 Å². The molecule has 7 aromatic carbocycles. The molecule has 15 heteroatoms. The highest BCUT2D eigenvalue weighted by molar-refractivity contribution is 7.99. The topological polar surface area (TPSA) is 164 Å². The Morgan fingerprint density at radius 1 is 0.418 bits per heavy atom. The maximum absolute atomic E-state index is 14.0. The number of hydrogen-bond donors (Lipinski definition) is 1. The van der Waals surface area contributed by atoms with Crippen molar-refractivity contribution in [1.29, 1.82) is 0 Å². The summed E-state index contributed by atoms with van der Waals surface area (Å²) in [5.41, 5.74) is 4.04. The molecular formula is C64H64O14S. The zero-order valence-electron chi connectivity index (χ0n) is 43.5. The number of aliphatic hydroxyl groups excluding tert-OH is 1. The van der Waals surface area contributed by atoms with Gasteiger partial charge in [-0.05, 0) is 52.1 Å². The molecule has 0 saturated carbocycles. The van der Waals surface area contributed by atoms with E-state index in [1.165, 1.54) is 11.8 Å². The van der Waals surface area contributed by atoms with Gasteiger partial charge in [0.2, 0.25) is 0 Å². The van der Waals surface area contributed by atoms with Crippen LogP contribution in [0.5, 0.6) is 0 Å². The summed E-state index contributed by atoms with van der Waals surface area (Å²) < 4.78 is 63.9. The molecule has 2 heterocycles. The molecule has 0 radical (unpaired) electrons. The van der Waals surface area contributed by atoms with Crippen molar-refractivity contribution in [1.82, 2.24) is 0 Å². The lowest BCUT2D eigenvalue weighted by Crippen LogP contribution is -2.61. The second-order valence-corrected chi connectivity index (χ2v) is 20.1. The molecule has 2 fully saturated rings. The number of hydrogen-bond acceptors (Lipinski definition) is 15. The molecule has 10 atom stereocenters. The first kappa shape index (κ1) is 56.7. The molecule has 410 valence electrons. The summed E-state index contributed by atoms with van der Waals surface area (Å²) in [6, 6.07) is 66.2. The Bertz CT molecular complexity index is 2890. The van der Waals surface area contributed by atoms with Crippen molar-refractivity contribution < 1.29 is 66.9 Å². The molecule has 0 aromatic heterocycles. The van der Waals surface area contributed by atoms with Crippen LogP contribution in [-0.4, -0.2) is 96.8 Å². The first-order chi connectivity index (χ1) is 38.8. The van der Waals surface area contributed by atoms with E-state index < -0.39 is 91.3 Å². The van der Waals surface area contributed by atoms with Gasteiger partial charge in [0.15, 0.2) is 18.5 Å². The normalized spacial score (nSPS) is 22.8. The Hall–Kier alpha value is -7.02. The van der Waals surface area contributed by atoms with Crippen LogP contribution in [0.25, 0.3) is 0 Å². The minimum absolute atomic E-state index is 0.0287. The molecule has 9 rings (SSSR count). The van der Waals surface area contributed by atoms with Crippen LogP contribution in [0.2, 0.25) is 0 Å². The summed E-state index contributed by atoms with van der Waals surface area (Å²) in [4.78, 5) is 42.5. The number of rotatable bonds is 26. The molecule has 0 bridgehead atoms. The van der Waals surface area contributed by atoms with E-state index in [1.54, 1.807) is 30.3 Å². The second-order valence-electron chi connectivity index (χ2n) is 19.0. The van der Waals surface area contributed by atoms with E-state index in [1.807, 2.05) is 182 Å². The molecule has 1 N–H and O–H groups in total. The Kier molecular flexibility index (Phi) is 21.4. The van der Waals surface area contributed by atoms with Gasteiger partial charge in [-0.1, -0.05) is 200 Å². The van der Waals surface area contributed by atoms with Gasteiger partial charge in [0.25, 0.3) is 0 Å². The van der Waals surface area contributed by atoms with E-state index in [0.717, 1.165) is 32.7 Å². The van der Waals surface area contributed by atoms with Gasteiger partial charge in [0.1, 0.15) is 48.7 Å². The van der Waals surface area contributed by atoms with Gasteiger partial charge in [0.05, 0.1) is 58.0 Å². The minimum Gasteiger partial charge on any atom is -0.463 e. The van der Waals surface area contributed by atoms with Gasteiger partial charge < -0.3 is 52.5 Å². The van der Waals surface area contributed by atoms with Gasteiger partial charge >= 0.3 is 17.9 Å². The number of esters is 3. The van der Waals surface area contributed by atoms with Crippen LogP contribution in [0.15, 0.2) is 217 Å². The largest absolute Gasteiger partial charge is 0.463 e. The molecule has 79 heavy (non-hydrogen) atoms. The van der Waals surface area contributed by atoms with Crippen molar-refractivity contribution >= 4 is 29.7 Å². The molecule has 0 amide bonds. The van der Waals surface area contributed by atoms with E-state index in [0.29, 0.717) is 0 Å².